The highest BCUT2D eigenvalue weighted by Gasteiger charge is 2.41. The summed E-state index contributed by atoms with van der Waals surface area (Å²) in [5.74, 6) is 0.0699. The zero-order valence-corrected chi connectivity index (χ0v) is 15.4. The molecule has 1 saturated carbocycles. The first-order valence-corrected chi connectivity index (χ1v) is 10.6. The lowest BCUT2D eigenvalue weighted by molar-refractivity contribution is -0.140. The summed E-state index contributed by atoms with van der Waals surface area (Å²) in [6.07, 6.45) is 6.61. The molecular weight excluding hydrogens is 314 g/mol. The second kappa shape index (κ2) is 7.07. The number of likely N-dealkylation sites (tertiary alicyclic amines) is 1. The van der Waals surface area contributed by atoms with Crippen LogP contribution in [-0.2, 0) is 14.8 Å². The SMILES string of the molecule is CCN(C1CCN(C(=O)C2CCCCC2(C)N)CC1)S(C)(=O)=O. The summed E-state index contributed by atoms with van der Waals surface area (Å²) in [5, 5.41) is 0. The van der Waals surface area contributed by atoms with Gasteiger partial charge < -0.3 is 10.6 Å². The van der Waals surface area contributed by atoms with Crippen LogP contribution in [0.1, 0.15) is 52.4 Å². The largest absolute Gasteiger partial charge is 0.342 e. The first-order valence-electron chi connectivity index (χ1n) is 8.71. The summed E-state index contributed by atoms with van der Waals surface area (Å²) in [7, 11) is -3.18. The normalized spacial score (nSPS) is 30.7. The van der Waals surface area contributed by atoms with E-state index in [0.717, 1.165) is 25.7 Å². The van der Waals surface area contributed by atoms with Crippen LogP contribution in [0.3, 0.4) is 0 Å². The van der Waals surface area contributed by atoms with Gasteiger partial charge in [-0.05, 0) is 32.6 Å². The smallest absolute Gasteiger partial charge is 0.227 e. The summed E-state index contributed by atoms with van der Waals surface area (Å²) in [5.41, 5.74) is 5.94. The molecule has 0 bridgehead atoms. The second-order valence-corrected chi connectivity index (χ2v) is 9.26. The van der Waals surface area contributed by atoms with Crippen LogP contribution in [0, 0.1) is 5.92 Å². The fourth-order valence-corrected chi connectivity index (χ4v) is 5.34. The van der Waals surface area contributed by atoms with E-state index in [4.69, 9.17) is 5.73 Å². The lowest BCUT2D eigenvalue weighted by Crippen LogP contribution is -2.56. The van der Waals surface area contributed by atoms with Gasteiger partial charge in [0.25, 0.3) is 0 Å². The molecule has 1 amide bonds. The highest BCUT2D eigenvalue weighted by molar-refractivity contribution is 7.88. The summed E-state index contributed by atoms with van der Waals surface area (Å²) < 4.78 is 25.2. The Balaban J connectivity index is 1.97. The van der Waals surface area contributed by atoms with Crippen molar-refractivity contribution >= 4 is 15.9 Å². The molecule has 2 aliphatic rings. The predicted molar refractivity (Wildman–Crippen MR) is 91.4 cm³/mol. The zero-order chi connectivity index (χ0) is 17.3. The maximum atomic E-state index is 12.8. The third kappa shape index (κ3) is 4.25. The van der Waals surface area contributed by atoms with E-state index in [2.05, 4.69) is 0 Å². The van der Waals surface area contributed by atoms with Gasteiger partial charge in [0.05, 0.1) is 12.2 Å². The van der Waals surface area contributed by atoms with Gasteiger partial charge in [-0.3, -0.25) is 4.79 Å². The van der Waals surface area contributed by atoms with E-state index >= 15 is 0 Å². The standard InChI is InChI=1S/C16H31N3O3S/c1-4-19(23(3,21)22)13-8-11-18(12-9-13)15(20)14-7-5-6-10-16(14,2)17/h13-14H,4-12,17H2,1-3H3. The number of piperidine rings is 1. The maximum absolute atomic E-state index is 12.8. The minimum Gasteiger partial charge on any atom is -0.342 e. The van der Waals surface area contributed by atoms with E-state index in [-0.39, 0.29) is 17.9 Å². The summed E-state index contributed by atoms with van der Waals surface area (Å²) >= 11 is 0. The third-order valence-electron chi connectivity index (χ3n) is 5.47. The molecule has 6 nitrogen and oxygen atoms in total. The van der Waals surface area contributed by atoms with Gasteiger partial charge in [0.15, 0.2) is 0 Å². The number of hydrogen-bond donors (Lipinski definition) is 1. The Bertz CT molecular complexity index is 525. The molecule has 23 heavy (non-hydrogen) atoms. The average Bonchev–Trinajstić information content (AvgIpc) is 2.46. The highest BCUT2D eigenvalue weighted by atomic mass is 32.2. The van der Waals surface area contributed by atoms with Crippen molar-refractivity contribution < 1.29 is 13.2 Å². The second-order valence-electron chi connectivity index (χ2n) is 7.33. The topological polar surface area (TPSA) is 83.7 Å². The van der Waals surface area contributed by atoms with Gasteiger partial charge in [-0.25, -0.2) is 8.42 Å². The molecular formula is C16H31N3O3S. The van der Waals surface area contributed by atoms with Crippen molar-refractivity contribution in [2.75, 3.05) is 25.9 Å². The van der Waals surface area contributed by atoms with Crippen molar-refractivity contribution in [3.05, 3.63) is 0 Å². The van der Waals surface area contributed by atoms with Crippen LogP contribution in [0.25, 0.3) is 0 Å². The Morgan fingerprint density at radius 1 is 1.26 bits per heavy atom. The number of carbonyl (C=O) groups is 1. The molecule has 0 aromatic heterocycles. The Kier molecular flexibility index (Phi) is 5.74. The predicted octanol–water partition coefficient (Wildman–Crippen LogP) is 1.17. The molecule has 0 radical (unpaired) electrons. The molecule has 0 aromatic rings. The molecule has 1 saturated heterocycles. The van der Waals surface area contributed by atoms with Crippen LogP contribution in [0.5, 0.6) is 0 Å². The van der Waals surface area contributed by atoms with Crippen LogP contribution in [0.2, 0.25) is 0 Å². The van der Waals surface area contributed by atoms with Gasteiger partial charge in [-0.2, -0.15) is 4.31 Å². The van der Waals surface area contributed by atoms with Gasteiger partial charge in [0, 0.05) is 31.2 Å². The van der Waals surface area contributed by atoms with Crippen molar-refractivity contribution in [2.24, 2.45) is 11.7 Å². The minimum absolute atomic E-state index is 0.00895. The third-order valence-corrected chi connectivity index (χ3v) is 6.88. The molecule has 2 N–H and O–H groups in total. The summed E-state index contributed by atoms with van der Waals surface area (Å²) in [6, 6.07) is 0.00895. The van der Waals surface area contributed by atoms with Crippen molar-refractivity contribution in [3.63, 3.8) is 0 Å². The Morgan fingerprint density at radius 2 is 1.87 bits per heavy atom. The molecule has 2 rings (SSSR count). The van der Waals surface area contributed by atoms with Gasteiger partial charge >= 0.3 is 0 Å². The zero-order valence-electron chi connectivity index (χ0n) is 14.6. The monoisotopic (exact) mass is 345 g/mol. The van der Waals surface area contributed by atoms with E-state index in [0.29, 0.717) is 32.5 Å². The van der Waals surface area contributed by atoms with E-state index in [1.54, 1.807) is 4.31 Å². The van der Waals surface area contributed by atoms with Crippen molar-refractivity contribution in [1.82, 2.24) is 9.21 Å². The average molecular weight is 346 g/mol. The molecule has 1 aliphatic carbocycles. The highest BCUT2D eigenvalue weighted by Crippen LogP contribution is 2.33. The first kappa shape index (κ1) is 18.7. The van der Waals surface area contributed by atoms with Crippen LogP contribution in [-0.4, -0.2) is 61.0 Å². The van der Waals surface area contributed by atoms with E-state index in [1.165, 1.54) is 6.26 Å². The van der Waals surface area contributed by atoms with Gasteiger partial charge in [-0.1, -0.05) is 19.8 Å². The van der Waals surface area contributed by atoms with Gasteiger partial charge in [0.1, 0.15) is 0 Å². The fraction of sp³-hybridized carbons (Fsp3) is 0.938. The molecule has 2 fully saturated rings. The number of amides is 1. The number of carbonyl (C=O) groups excluding carboxylic acids is 1. The van der Waals surface area contributed by atoms with Crippen molar-refractivity contribution in [1.29, 1.82) is 0 Å². The van der Waals surface area contributed by atoms with E-state index < -0.39 is 15.6 Å². The number of sulfonamides is 1. The van der Waals surface area contributed by atoms with E-state index in [9.17, 15) is 13.2 Å². The molecule has 134 valence electrons. The molecule has 0 aromatic carbocycles. The Labute approximate surface area is 140 Å². The van der Waals surface area contributed by atoms with E-state index in [1.807, 2.05) is 18.7 Å². The van der Waals surface area contributed by atoms with Crippen LogP contribution in [0.15, 0.2) is 0 Å². The number of nitrogens with zero attached hydrogens (tertiary/aromatic N) is 2. The molecule has 0 spiro atoms. The lowest BCUT2D eigenvalue weighted by atomic mass is 9.74. The molecule has 1 aliphatic heterocycles. The lowest BCUT2D eigenvalue weighted by Gasteiger charge is -2.42. The van der Waals surface area contributed by atoms with Crippen molar-refractivity contribution in [3.8, 4) is 0 Å². The van der Waals surface area contributed by atoms with Crippen LogP contribution >= 0.6 is 0 Å². The first-order chi connectivity index (χ1) is 10.7. The fourth-order valence-electron chi connectivity index (χ4n) is 4.12. The molecule has 1 heterocycles. The van der Waals surface area contributed by atoms with Crippen molar-refractivity contribution in [2.45, 2.75) is 64.0 Å². The Hall–Kier alpha value is -0.660. The summed E-state index contributed by atoms with van der Waals surface area (Å²) in [4.78, 5) is 14.7. The van der Waals surface area contributed by atoms with Gasteiger partial charge in [-0.15, -0.1) is 0 Å². The van der Waals surface area contributed by atoms with Crippen LogP contribution in [0.4, 0.5) is 0 Å². The van der Waals surface area contributed by atoms with Crippen LogP contribution < -0.4 is 5.73 Å². The summed E-state index contributed by atoms with van der Waals surface area (Å²) in [6.45, 7) is 5.59. The quantitative estimate of drug-likeness (QED) is 0.829. The van der Waals surface area contributed by atoms with Gasteiger partial charge in [0.2, 0.25) is 15.9 Å². The number of nitrogens with two attached hydrogens (primary N) is 1. The number of rotatable bonds is 4. The molecule has 7 heteroatoms. The maximum Gasteiger partial charge on any atom is 0.227 e. The Morgan fingerprint density at radius 3 is 2.35 bits per heavy atom. The molecule has 2 unspecified atom stereocenters. The minimum atomic E-state index is -3.18. The number of hydrogen-bond acceptors (Lipinski definition) is 4. The molecule has 2 atom stereocenters.